The molecule has 2 fully saturated rings. The Kier molecular flexibility index (Phi) is 2.77. The van der Waals surface area contributed by atoms with Crippen LogP contribution in [0.4, 0.5) is 0 Å². The third-order valence-electron chi connectivity index (χ3n) is 3.73. The van der Waals surface area contributed by atoms with Gasteiger partial charge in [-0.2, -0.15) is 0 Å². The molecule has 0 aromatic carbocycles. The zero-order chi connectivity index (χ0) is 12.0. The van der Waals surface area contributed by atoms with Gasteiger partial charge in [-0.15, -0.1) is 0 Å². The first-order valence-corrected chi connectivity index (χ1v) is 6.47. The van der Waals surface area contributed by atoms with Crippen molar-refractivity contribution < 1.29 is 4.79 Å². The van der Waals surface area contributed by atoms with E-state index in [-0.39, 0.29) is 11.7 Å². The van der Waals surface area contributed by atoms with Gasteiger partial charge < -0.3 is 4.90 Å². The van der Waals surface area contributed by atoms with E-state index in [4.69, 9.17) is 0 Å². The van der Waals surface area contributed by atoms with Gasteiger partial charge in [0, 0.05) is 6.54 Å². The summed E-state index contributed by atoms with van der Waals surface area (Å²) >= 11 is 0. The highest BCUT2D eigenvalue weighted by Crippen LogP contribution is 2.42. The van der Waals surface area contributed by atoms with Crippen LogP contribution in [0.2, 0.25) is 0 Å². The molecule has 0 aromatic rings. The van der Waals surface area contributed by atoms with Crippen LogP contribution >= 0.6 is 0 Å². The Balaban J connectivity index is 1.99. The Labute approximate surface area is 98.6 Å². The minimum atomic E-state index is -0.140. The van der Waals surface area contributed by atoms with E-state index in [0.717, 1.165) is 32.2 Å². The average molecular weight is 224 g/mol. The number of hydrogen-bond donors (Lipinski definition) is 1. The smallest absolute Gasteiger partial charge is 0.244 e. The Morgan fingerprint density at radius 2 is 2.06 bits per heavy atom. The van der Waals surface area contributed by atoms with Gasteiger partial charge in [0.25, 0.3) is 0 Å². The third-order valence-corrected chi connectivity index (χ3v) is 3.73. The first kappa shape index (κ1) is 11.9. The maximum Gasteiger partial charge on any atom is 0.244 e. The number of rotatable bonds is 3. The van der Waals surface area contributed by atoms with E-state index in [1.807, 2.05) is 0 Å². The van der Waals surface area contributed by atoms with Crippen LogP contribution in [0.5, 0.6) is 0 Å². The molecule has 1 heterocycles. The number of carbonyl (C=O) groups excluding carboxylic acids is 1. The summed E-state index contributed by atoms with van der Waals surface area (Å²) in [5, 5.41) is 3.50. The monoisotopic (exact) mass is 224 g/mol. The van der Waals surface area contributed by atoms with Gasteiger partial charge in [-0.3, -0.25) is 10.1 Å². The summed E-state index contributed by atoms with van der Waals surface area (Å²) in [6, 6.07) is 0. The number of nitrogens with one attached hydrogen (secondary N) is 1. The van der Waals surface area contributed by atoms with Crippen molar-refractivity contribution in [3.05, 3.63) is 0 Å². The lowest BCUT2D eigenvalue weighted by atomic mass is 9.92. The minimum Gasteiger partial charge on any atom is -0.326 e. The van der Waals surface area contributed by atoms with Crippen molar-refractivity contribution in [3.8, 4) is 0 Å². The summed E-state index contributed by atoms with van der Waals surface area (Å²) in [6.07, 6.45) is 4.44. The van der Waals surface area contributed by atoms with E-state index < -0.39 is 0 Å². The molecular weight excluding hydrogens is 200 g/mol. The molecule has 2 rings (SSSR count). The van der Waals surface area contributed by atoms with E-state index in [1.54, 1.807) is 0 Å². The van der Waals surface area contributed by atoms with Crippen LogP contribution in [-0.2, 0) is 4.79 Å². The fourth-order valence-electron chi connectivity index (χ4n) is 2.39. The maximum atomic E-state index is 12.2. The molecule has 1 amide bonds. The molecule has 1 atom stereocenters. The molecule has 3 heteroatoms. The SMILES string of the molecule is CCC1NC2(CC2)C(=O)N1CCC(C)(C)C. The van der Waals surface area contributed by atoms with E-state index in [1.165, 1.54) is 0 Å². The van der Waals surface area contributed by atoms with Gasteiger partial charge in [-0.25, -0.2) is 0 Å². The molecule has 1 saturated carbocycles. The molecule has 2 aliphatic rings. The molecule has 3 nitrogen and oxygen atoms in total. The highest BCUT2D eigenvalue weighted by atomic mass is 16.2. The standard InChI is InChI=1S/C13H24N2O/c1-5-10-14-13(6-7-13)11(16)15(10)9-8-12(2,3)4/h10,14H,5-9H2,1-4H3. The zero-order valence-corrected chi connectivity index (χ0v) is 11.0. The number of amides is 1. The van der Waals surface area contributed by atoms with Gasteiger partial charge in [0.05, 0.1) is 11.7 Å². The molecule has 0 bridgehead atoms. The quantitative estimate of drug-likeness (QED) is 0.796. The topological polar surface area (TPSA) is 32.3 Å². The Morgan fingerprint density at radius 3 is 2.50 bits per heavy atom. The molecule has 16 heavy (non-hydrogen) atoms. The van der Waals surface area contributed by atoms with Gasteiger partial charge in [-0.1, -0.05) is 27.7 Å². The molecule has 1 saturated heterocycles. The van der Waals surface area contributed by atoms with Crippen molar-refractivity contribution in [1.82, 2.24) is 10.2 Å². The highest BCUT2D eigenvalue weighted by molar-refractivity contribution is 5.91. The van der Waals surface area contributed by atoms with Crippen LogP contribution in [0.15, 0.2) is 0 Å². The van der Waals surface area contributed by atoms with E-state index >= 15 is 0 Å². The summed E-state index contributed by atoms with van der Waals surface area (Å²) < 4.78 is 0. The van der Waals surface area contributed by atoms with E-state index in [2.05, 4.69) is 37.9 Å². The molecule has 92 valence electrons. The second-order valence-electron chi connectivity index (χ2n) is 6.46. The third kappa shape index (κ3) is 2.10. The number of nitrogens with zero attached hydrogens (tertiary/aromatic N) is 1. The summed E-state index contributed by atoms with van der Waals surface area (Å²) in [7, 11) is 0. The molecule has 1 unspecified atom stereocenters. The van der Waals surface area contributed by atoms with Gasteiger partial charge in [-0.05, 0) is 31.1 Å². The van der Waals surface area contributed by atoms with Crippen LogP contribution in [0.3, 0.4) is 0 Å². The normalized spacial score (nSPS) is 27.9. The molecule has 1 N–H and O–H groups in total. The van der Waals surface area contributed by atoms with Crippen LogP contribution in [0.1, 0.15) is 53.4 Å². The molecule has 1 aliphatic heterocycles. The van der Waals surface area contributed by atoms with Crippen molar-refractivity contribution in [2.45, 2.75) is 65.1 Å². The Morgan fingerprint density at radius 1 is 1.44 bits per heavy atom. The van der Waals surface area contributed by atoms with Crippen molar-refractivity contribution >= 4 is 5.91 Å². The molecule has 0 aromatic heterocycles. The van der Waals surface area contributed by atoms with Crippen LogP contribution in [0.25, 0.3) is 0 Å². The summed E-state index contributed by atoms with van der Waals surface area (Å²) in [4.78, 5) is 14.3. The van der Waals surface area contributed by atoms with Crippen LogP contribution in [0, 0.1) is 5.41 Å². The number of hydrogen-bond acceptors (Lipinski definition) is 2. The minimum absolute atomic E-state index is 0.140. The first-order valence-electron chi connectivity index (χ1n) is 6.47. The summed E-state index contributed by atoms with van der Waals surface area (Å²) in [6.45, 7) is 9.74. The lowest BCUT2D eigenvalue weighted by Crippen LogP contribution is -2.38. The first-order chi connectivity index (χ1) is 7.38. The van der Waals surface area contributed by atoms with Crippen molar-refractivity contribution in [3.63, 3.8) is 0 Å². The fourth-order valence-corrected chi connectivity index (χ4v) is 2.39. The van der Waals surface area contributed by atoms with Crippen molar-refractivity contribution in [2.75, 3.05) is 6.54 Å². The second kappa shape index (κ2) is 3.73. The van der Waals surface area contributed by atoms with Crippen molar-refractivity contribution in [1.29, 1.82) is 0 Å². The fraction of sp³-hybridized carbons (Fsp3) is 0.923. The van der Waals surface area contributed by atoms with Gasteiger partial charge in [0.2, 0.25) is 5.91 Å². The lowest BCUT2D eigenvalue weighted by Gasteiger charge is -2.27. The predicted octanol–water partition coefficient (Wildman–Crippen LogP) is 2.12. The molecule has 1 spiro atoms. The van der Waals surface area contributed by atoms with Crippen LogP contribution in [-0.4, -0.2) is 29.1 Å². The van der Waals surface area contributed by atoms with Gasteiger partial charge >= 0.3 is 0 Å². The predicted molar refractivity (Wildman–Crippen MR) is 65.0 cm³/mol. The molecular formula is C13H24N2O. The lowest BCUT2D eigenvalue weighted by molar-refractivity contribution is -0.131. The highest BCUT2D eigenvalue weighted by Gasteiger charge is 2.58. The van der Waals surface area contributed by atoms with Crippen molar-refractivity contribution in [2.24, 2.45) is 5.41 Å². The summed E-state index contributed by atoms with van der Waals surface area (Å²) in [5.74, 6) is 0.351. The average Bonchev–Trinajstić information content (AvgIpc) is 2.89. The Hall–Kier alpha value is -0.570. The van der Waals surface area contributed by atoms with Gasteiger partial charge in [0.1, 0.15) is 0 Å². The second-order valence-corrected chi connectivity index (χ2v) is 6.46. The van der Waals surface area contributed by atoms with Crippen LogP contribution < -0.4 is 5.32 Å². The molecule has 0 radical (unpaired) electrons. The Bertz CT molecular complexity index is 289. The number of carbonyl (C=O) groups is 1. The summed E-state index contributed by atoms with van der Waals surface area (Å²) in [5.41, 5.74) is 0.163. The molecule has 1 aliphatic carbocycles. The zero-order valence-electron chi connectivity index (χ0n) is 11.0. The van der Waals surface area contributed by atoms with E-state index in [0.29, 0.717) is 11.3 Å². The van der Waals surface area contributed by atoms with Gasteiger partial charge in [0.15, 0.2) is 0 Å². The van der Waals surface area contributed by atoms with E-state index in [9.17, 15) is 4.79 Å². The largest absolute Gasteiger partial charge is 0.326 e. The maximum absolute atomic E-state index is 12.2.